The maximum absolute atomic E-state index is 11.8. The van der Waals surface area contributed by atoms with Gasteiger partial charge in [0.1, 0.15) is 5.60 Å². The second-order valence-corrected chi connectivity index (χ2v) is 8.11. The van der Waals surface area contributed by atoms with Crippen LogP contribution < -0.4 is 4.72 Å². The van der Waals surface area contributed by atoms with E-state index in [2.05, 4.69) is 4.72 Å². The number of hydrogen-bond donors (Lipinski definition) is 1. The summed E-state index contributed by atoms with van der Waals surface area (Å²) in [4.78, 5) is 23.3. The second kappa shape index (κ2) is 8.25. The fraction of sp³-hybridized carbons (Fsp3) is 0.500. The molecule has 1 rings (SSSR count). The Morgan fingerprint density at radius 2 is 1.71 bits per heavy atom. The van der Waals surface area contributed by atoms with Crippen molar-refractivity contribution in [3.05, 3.63) is 35.4 Å². The maximum atomic E-state index is 11.8. The Hall–Kier alpha value is -1.93. The molecule has 24 heavy (non-hydrogen) atoms. The van der Waals surface area contributed by atoms with E-state index in [1.807, 2.05) is 0 Å². The molecule has 0 unspecified atom stereocenters. The van der Waals surface area contributed by atoms with Crippen LogP contribution in [0, 0.1) is 0 Å². The molecule has 0 aliphatic carbocycles. The molecule has 0 aliphatic rings. The zero-order valence-electron chi connectivity index (χ0n) is 14.3. The van der Waals surface area contributed by atoms with Crippen molar-refractivity contribution in [2.24, 2.45) is 0 Å². The van der Waals surface area contributed by atoms with Crippen molar-refractivity contribution in [1.29, 1.82) is 0 Å². The molecule has 1 aromatic carbocycles. The van der Waals surface area contributed by atoms with Crippen molar-refractivity contribution in [1.82, 2.24) is 4.72 Å². The fourth-order valence-corrected chi connectivity index (χ4v) is 2.24. The molecular weight excluding hydrogens is 334 g/mol. The molecule has 0 bridgehead atoms. The Balaban J connectivity index is 2.47. The van der Waals surface area contributed by atoms with E-state index in [-0.39, 0.29) is 6.54 Å². The van der Waals surface area contributed by atoms with Gasteiger partial charge in [0.05, 0.1) is 11.8 Å². The average Bonchev–Trinajstić information content (AvgIpc) is 2.42. The number of esters is 2. The minimum absolute atomic E-state index is 0.279. The fourth-order valence-electron chi connectivity index (χ4n) is 1.77. The first-order chi connectivity index (χ1) is 11.0. The summed E-state index contributed by atoms with van der Waals surface area (Å²) in [7, 11) is -3.21. The molecule has 134 valence electrons. The lowest BCUT2D eigenvalue weighted by atomic mass is 10.1. The zero-order chi connectivity index (χ0) is 18.4. The van der Waals surface area contributed by atoms with Crippen molar-refractivity contribution in [3.63, 3.8) is 0 Å². The van der Waals surface area contributed by atoms with Crippen LogP contribution in [0.25, 0.3) is 0 Å². The monoisotopic (exact) mass is 357 g/mol. The van der Waals surface area contributed by atoms with E-state index < -0.39 is 34.2 Å². The summed E-state index contributed by atoms with van der Waals surface area (Å²) in [5, 5.41) is 0. The minimum Gasteiger partial charge on any atom is -0.457 e. The van der Waals surface area contributed by atoms with Crippen LogP contribution in [-0.4, -0.2) is 45.4 Å². The quantitative estimate of drug-likeness (QED) is 0.738. The summed E-state index contributed by atoms with van der Waals surface area (Å²) in [5.74, 6) is -1.24. The van der Waals surface area contributed by atoms with Crippen molar-refractivity contribution < 1.29 is 27.5 Å². The summed E-state index contributed by atoms with van der Waals surface area (Å²) in [6.45, 7) is 5.01. The van der Waals surface area contributed by atoms with Crippen LogP contribution >= 0.6 is 0 Å². The number of carbonyl (C=O) groups is 2. The highest BCUT2D eigenvalue weighted by Gasteiger charge is 2.18. The van der Waals surface area contributed by atoms with E-state index in [0.717, 1.165) is 11.8 Å². The number of nitrogens with one attached hydrogen (secondary N) is 1. The summed E-state index contributed by atoms with van der Waals surface area (Å²) < 4.78 is 34.3. The Morgan fingerprint density at radius 1 is 1.12 bits per heavy atom. The van der Waals surface area contributed by atoms with Crippen molar-refractivity contribution in [2.75, 3.05) is 19.4 Å². The summed E-state index contributed by atoms with van der Waals surface area (Å²) >= 11 is 0. The van der Waals surface area contributed by atoms with Gasteiger partial charge in [0.25, 0.3) is 0 Å². The van der Waals surface area contributed by atoms with E-state index in [4.69, 9.17) is 9.47 Å². The van der Waals surface area contributed by atoms with Gasteiger partial charge in [-0.1, -0.05) is 12.1 Å². The number of sulfonamides is 1. The first-order valence-electron chi connectivity index (χ1n) is 7.39. The Morgan fingerprint density at radius 3 is 2.21 bits per heavy atom. The van der Waals surface area contributed by atoms with Crippen molar-refractivity contribution >= 4 is 22.0 Å². The molecule has 0 amide bonds. The van der Waals surface area contributed by atoms with E-state index >= 15 is 0 Å². The average molecular weight is 357 g/mol. The Kier molecular flexibility index (Phi) is 6.92. The molecule has 1 N–H and O–H groups in total. The largest absolute Gasteiger partial charge is 0.457 e. The van der Waals surface area contributed by atoms with Crippen LogP contribution in [0.3, 0.4) is 0 Å². The normalized spacial score (nSPS) is 11.8. The molecule has 0 aromatic heterocycles. The van der Waals surface area contributed by atoms with Gasteiger partial charge in [-0.25, -0.2) is 22.7 Å². The first kappa shape index (κ1) is 20.1. The lowest BCUT2D eigenvalue weighted by molar-refractivity contribution is -0.158. The highest BCUT2D eigenvalue weighted by Crippen LogP contribution is 2.09. The first-order valence-corrected chi connectivity index (χ1v) is 9.28. The number of ether oxygens (including phenoxy) is 2. The molecule has 1 aromatic rings. The van der Waals surface area contributed by atoms with Gasteiger partial charge >= 0.3 is 11.9 Å². The SMILES string of the molecule is CC(C)(C)OC(=O)COC(=O)c1ccc(CCNS(C)(=O)=O)cc1. The van der Waals surface area contributed by atoms with Crippen molar-refractivity contribution in [3.8, 4) is 0 Å². The standard InChI is InChI=1S/C16H23NO6S/c1-16(2,3)23-14(18)11-22-15(19)13-7-5-12(6-8-13)9-10-17-24(4,20)21/h5-8,17H,9-11H2,1-4H3. The summed E-state index contributed by atoms with van der Waals surface area (Å²) in [6, 6.07) is 6.53. The van der Waals surface area contributed by atoms with Gasteiger partial charge in [-0.2, -0.15) is 0 Å². The van der Waals surface area contributed by atoms with Gasteiger partial charge in [-0.05, 0) is 44.9 Å². The van der Waals surface area contributed by atoms with Gasteiger partial charge in [0.15, 0.2) is 6.61 Å². The number of hydrogen-bond acceptors (Lipinski definition) is 6. The van der Waals surface area contributed by atoms with Gasteiger partial charge in [-0.3, -0.25) is 0 Å². The number of rotatable bonds is 7. The maximum Gasteiger partial charge on any atom is 0.344 e. The summed E-state index contributed by atoms with van der Waals surface area (Å²) in [6.07, 6.45) is 1.59. The molecule has 0 saturated carbocycles. The molecule has 0 fully saturated rings. The van der Waals surface area contributed by atoms with Gasteiger partial charge in [-0.15, -0.1) is 0 Å². The van der Waals surface area contributed by atoms with E-state index in [0.29, 0.717) is 12.0 Å². The predicted molar refractivity (Wildman–Crippen MR) is 89.1 cm³/mol. The van der Waals surface area contributed by atoms with Crippen molar-refractivity contribution in [2.45, 2.75) is 32.8 Å². The molecule has 0 aliphatic heterocycles. The molecular formula is C16H23NO6S. The highest BCUT2D eigenvalue weighted by atomic mass is 32.2. The third-order valence-corrected chi connectivity index (χ3v) is 3.44. The second-order valence-electron chi connectivity index (χ2n) is 6.28. The van der Waals surface area contributed by atoms with E-state index in [9.17, 15) is 18.0 Å². The van der Waals surface area contributed by atoms with Gasteiger partial charge < -0.3 is 9.47 Å². The number of carbonyl (C=O) groups excluding carboxylic acids is 2. The Labute approximate surface area is 142 Å². The van der Waals surface area contributed by atoms with Crippen LogP contribution in [0.5, 0.6) is 0 Å². The van der Waals surface area contributed by atoms with E-state index in [1.54, 1.807) is 45.0 Å². The van der Waals surface area contributed by atoms with Crippen LogP contribution in [0.1, 0.15) is 36.7 Å². The zero-order valence-corrected chi connectivity index (χ0v) is 15.1. The molecule has 8 heteroatoms. The van der Waals surface area contributed by atoms with Crippen LogP contribution in [0.2, 0.25) is 0 Å². The van der Waals surface area contributed by atoms with E-state index in [1.165, 1.54) is 0 Å². The van der Waals surface area contributed by atoms with Crippen LogP contribution in [0.4, 0.5) is 0 Å². The third kappa shape index (κ3) is 8.64. The molecule has 7 nitrogen and oxygen atoms in total. The third-order valence-electron chi connectivity index (χ3n) is 2.71. The van der Waals surface area contributed by atoms with Gasteiger partial charge in [0.2, 0.25) is 10.0 Å². The molecule has 0 heterocycles. The minimum atomic E-state index is -3.21. The Bertz CT molecular complexity index is 674. The smallest absolute Gasteiger partial charge is 0.344 e. The molecule has 0 atom stereocenters. The summed E-state index contributed by atoms with van der Waals surface area (Å²) in [5.41, 5.74) is 0.540. The topological polar surface area (TPSA) is 98.8 Å². The number of benzene rings is 1. The van der Waals surface area contributed by atoms with Crippen LogP contribution in [0.15, 0.2) is 24.3 Å². The highest BCUT2D eigenvalue weighted by molar-refractivity contribution is 7.88. The predicted octanol–water partition coefficient (Wildman–Crippen LogP) is 1.28. The van der Waals surface area contributed by atoms with Crippen LogP contribution in [-0.2, 0) is 30.7 Å². The molecule has 0 radical (unpaired) electrons. The van der Waals surface area contributed by atoms with Gasteiger partial charge in [0, 0.05) is 6.54 Å². The lowest BCUT2D eigenvalue weighted by Crippen LogP contribution is -2.27. The molecule has 0 saturated heterocycles. The lowest BCUT2D eigenvalue weighted by Gasteiger charge is -2.19. The molecule has 0 spiro atoms.